The minimum absolute atomic E-state index is 0.262. The van der Waals surface area contributed by atoms with Crippen LogP contribution in [-0.2, 0) is 4.79 Å². The van der Waals surface area contributed by atoms with Gasteiger partial charge in [-0.2, -0.15) is 0 Å². The van der Waals surface area contributed by atoms with Crippen LogP contribution in [0.1, 0.15) is 27.2 Å². The molecule has 3 heteroatoms. The standard InChI is InChI=1S/C11H21N2O/c1-9(2)13-6-4-11(8-13)12(5-7-13)10(3)14/h9,11H,4-8H2,1-3H3/q+1. The van der Waals surface area contributed by atoms with Gasteiger partial charge in [-0.3, -0.25) is 4.79 Å². The Morgan fingerprint density at radius 1 is 1.43 bits per heavy atom. The lowest BCUT2D eigenvalue weighted by Gasteiger charge is -2.44. The van der Waals surface area contributed by atoms with E-state index in [1.165, 1.54) is 24.0 Å². The van der Waals surface area contributed by atoms with Gasteiger partial charge in [0.15, 0.2) is 0 Å². The molecule has 2 saturated heterocycles. The Labute approximate surface area is 86.3 Å². The summed E-state index contributed by atoms with van der Waals surface area (Å²) in [6.45, 7) is 10.9. The van der Waals surface area contributed by atoms with E-state index in [-0.39, 0.29) is 5.91 Å². The Hall–Kier alpha value is -0.570. The van der Waals surface area contributed by atoms with Crippen LogP contribution in [0.15, 0.2) is 0 Å². The molecule has 0 aromatic carbocycles. The summed E-state index contributed by atoms with van der Waals surface area (Å²) in [7, 11) is 0. The largest absolute Gasteiger partial charge is 0.328 e. The zero-order valence-corrected chi connectivity index (χ0v) is 9.49. The number of carbonyl (C=O) groups excluding carboxylic acids is 1. The molecular formula is C11H21N2O+. The molecule has 2 unspecified atom stereocenters. The number of piperazine rings is 1. The SMILES string of the molecule is CC(=O)N1CC[N+]2(C(C)C)CCC1C2. The summed E-state index contributed by atoms with van der Waals surface area (Å²) >= 11 is 0. The van der Waals surface area contributed by atoms with Crippen LogP contribution in [-0.4, -0.2) is 53.6 Å². The average molecular weight is 197 g/mol. The van der Waals surface area contributed by atoms with Crippen molar-refractivity contribution in [2.24, 2.45) is 0 Å². The zero-order valence-electron chi connectivity index (χ0n) is 9.49. The van der Waals surface area contributed by atoms with Gasteiger partial charge in [-0.15, -0.1) is 0 Å². The Morgan fingerprint density at radius 2 is 2.14 bits per heavy atom. The molecule has 0 aromatic rings. The second-order valence-corrected chi connectivity index (χ2v) is 5.10. The first kappa shape index (κ1) is 9.97. The topological polar surface area (TPSA) is 20.3 Å². The highest BCUT2D eigenvalue weighted by atomic mass is 16.2. The van der Waals surface area contributed by atoms with Gasteiger partial charge in [-0.05, 0) is 13.8 Å². The monoisotopic (exact) mass is 197 g/mol. The second kappa shape index (κ2) is 3.23. The summed E-state index contributed by atoms with van der Waals surface area (Å²) in [4.78, 5) is 13.5. The van der Waals surface area contributed by atoms with E-state index in [1.807, 2.05) is 0 Å². The third kappa shape index (κ3) is 1.34. The van der Waals surface area contributed by atoms with Gasteiger partial charge in [-0.1, -0.05) is 0 Å². The second-order valence-electron chi connectivity index (χ2n) is 5.10. The van der Waals surface area contributed by atoms with Gasteiger partial charge in [-0.25, -0.2) is 0 Å². The van der Waals surface area contributed by atoms with Crippen molar-refractivity contribution in [3.05, 3.63) is 0 Å². The molecule has 14 heavy (non-hydrogen) atoms. The molecule has 1 amide bonds. The highest BCUT2D eigenvalue weighted by Crippen LogP contribution is 2.30. The number of amides is 1. The van der Waals surface area contributed by atoms with Crippen molar-refractivity contribution in [3.8, 4) is 0 Å². The molecule has 2 bridgehead atoms. The molecule has 2 aliphatic heterocycles. The summed E-state index contributed by atoms with van der Waals surface area (Å²) in [6.07, 6.45) is 1.21. The minimum atomic E-state index is 0.262. The Kier molecular flexibility index (Phi) is 2.30. The van der Waals surface area contributed by atoms with Gasteiger partial charge in [0.1, 0.15) is 0 Å². The lowest BCUT2D eigenvalue weighted by atomic mass is 10.1. The lowest BCUT2D eigenvalue weighted by Crippen LogP contribution is -2.61. The third-order valence-corrected chi connectivity index (χ3v) is 4.21. The van der Waals surface area contributed by atoms with Gasteiger partial charge in [0, 0.05) is 13.3 Å². The van der Waals surface area contributed by atoms with E-state index < -0.39 is 0 Å². The summed E-state index contributed by atoms with van der Waals surface area (Å²) in [6, 6.07) is 1.25. The van der Waals surface area contributed by atoms with E-state index in [9.17, 15) is 4.79 Å². The first-order valence-corrected chi connectivity index (χ1v) is 5.68. The molecule has 3 nitrogen and oxygen atoms in total. The Morgan fingerprint density at radius 3 is 2.71 bits per heavy atom. The van der Waals surface area contributed by atoms with Gasteiger partial charge < -0.3 is 9.38 Å². The quantitative estimate of drug-likeness (QED) is 0.571. The maximum Gasteiger partial charge on any atom is 0.220 e. The van der Waals surface area contributed by atoms with Gasteiger partial charge in [0.25, 0.3) is 0 Å². The maximum absolute atomic E-state index is 11.4. The number of carbonyl (C=O) groups is 1. The maximum atomic E-state index is 11.4. The van der Waals surface area contributed by atoms with E-state index in [0.29, 0.717) is 12.1 Å². The minimum Gasteiger partial charge on any atom is -0.328 e. The van der Waals surface area contributed by atoms with E-state index in [1.54, 1.807) is 6.92 Å². The summed E-state index contributed by atoms with van der Waals surface area (Å²) in [5.41, 5.74) is 0. The van der Waals surface area contributed by atoms with Gasteiger partial charge in [0.05, 0.1) is 38.3 Å². The predicted octanol–water partition coefficient (Wildman–Crippen LogP) is 0.846. The van der Waals surface area contributed by atoms with E-state index >= 15 is 0 Å². The van der Waals surface area contributed by atoms with Crippen molar-refractivity contribution in [1.29, 1.82) is 0 Å². The predicted molar refractivity (Wildman–Crippen MR) is 55.8 cm³/mol. The summed E-state index contributed by atoms with van der Waals surface area (Å²) in [5, 5.41) is 0. The number of hydrogen-bond donors (Lipinski definition) is 0. The van der Waals surface area contributed by atoms with Crippen molar-refractivity contribution < 1.29 is 9.28 Å². The van der Waals surface area contributed by atoms with Crippen LogP contribution in [0.4, 0.5) is 0 Å². The molecule has 2 atom stereocenters. The van der Waals surface area contributed by atoms with Crippen LogP contribution in [0.5, 0.6) is 0 Å². The van der Waals surface area contributed by atoms with Gasteiger partial charge >= 0.3 is 0 Å². The molecule has 0 spiro atoms. The Bertz CT molecular complexity index is 252. The number of quaternary nitrogens is 1. The number of hydrogen-bond acceptors (Lipinski definition) is 1. The van der Waals surface area contributed by atoms with Crippen LogP contribution in [0.25, 0.3) is 0 Å². The van der Waals surface area contributed by atoms with Crippen LogP contribution >= 0.6 is 0 Å². The summed E-state index contributed by atoms with van der Waals surface area (Å²) < 4.78 is 1.24. The zero-order chi connectivity index (χ0) is 10.3. The fourth-order valence-electron chi connectivity index (χ4n) is 3.10. The smallest absolute Gasteiger partial charge is 0.220 e. The first-order valence-electron chi connectivity index (χ1n) is 5.68. The lowest BCUT2D eigenvalue weighted by molar-refractivity contribution is -0.940. The molecule has 80 valence electrons. The first-order chi connectivity index (χ1) is 6.55. The number of nitrogens with zero attached hydrogens (tertiary/aromatic N) is 2. The highest BCUT2D eigenvalue weighted by Gasteiger charge is 2.47. The summed E-state index contributed by atoms with van der Waals surface area (Å²) in [5.74, 6) is 0.262. The molecule has 0 N–H and O–H groups in total. The Balaban J connectivity index is 2.12. The van der Waals surface area contributed by atoms with Crippen molar-refractivity contribution in [2.75, 3.05) is 26.2 Å². The van der Waals surface area contributed by atoms with E-state index in [4.69, 9.17) is 0 Å². The van der Waals surface area contributed by atoms with Crippen molar-refractivity contribution in [3.63, 3.8) is 0 Å². The van der Waals surface area contributed by atoms with Crippen LogP contribution < -0.4 is 0 Å². The third-order valence-electron chi connectivity index (χ3n) is 4.21. The highest BCUT2D eigenvalue weighted by molar-refractivity contribution is 5.73. The molecule has 2 heterocycles. The molecule has 2 aliphatic rings. The fraction of sp³-hybridized carbons (Fsp3) is 0.909. The van der Waals surface area contributed by atoms with Crippen LogP contribution in [0, 0.1) is 0 Å². The van der Waals surface area contributed by atoms with E-state index in [2.05, 4.69) is 18.7 Å². The average Bonchev–Trinajstić information content (AvgIpc) is 2.45. The normalized spacial score (nSPS) is 36.6. The van der Waals surface area contributed by atoms with Crippen molar-refractivity contribution in [1.82, 2.24) is 4.90 Å². The number of fused-ring (bicyclic) bond motifs is 2. The molecule has 0 aromatic heterocycles. The van der Waals surface area contributed by atoms with Gasteiger partial charge in [0.2, 0.25) is 5.91 Å². The molecule has 2 fully saturated rings. The molecular weight excluding hydrogens is 176 g/mol. The van der Waals surface area contributed by atoms with Crippen LogP contribution in [0.2, 0.25) is 0 Å². The molecule has 0 saturated carbocycles. The van der Waals surface area contributed by atoms with Crippen molar-refractivity contribution in [2.45, 2.75) is 39.3 Å². The molecule has 0 radical (unpaired) electrons. The molecule has 2 rings (SSSR count). The van der Waals surface area contributed by atoms with Crippen LogP contribution in [0.3, 0.4) is 0 Å². The molecule has 0 aliphatic carbocycles. The number of rotatable bonds is 1. The van der Waals surface area contributed by atoms with E-state index in [0.717, 1.165) is 13.1 Å². The fourth-order valence-corrected chi connectivity index (χ4v) is 3.10. The van der Waals surface area contributed by atoms with Crippen molar-refractivity contribution >= 4 is 5.91 Å².